The highest BCUT2D eigenvalue weighted by Gasteiger charge is 2.10. The number of nitrogens with zero attached hydrogens (tertiary/aromatic N) is 4. The van der Waals surface area contributed by atoms with E-state index in [1.807, 2.05) is 18.2 Å². The minimum Gasteiger partial charge on any atom is -0.382 e. The van der Waals surface area contributed by atoms with Gasteiger partial charge in [-0.2, -0.15) is 5.26 Å². The first-order chi connectivity index (χ1) is 8.70. The Hall–Kier alpha value is -2.68. The third kappa shape index (κ3) is 2.52. The molecule has 0 saturated carbocycles. The van der Waals surface area contributed by atoms with Gasteiger partial charge in [0.2, 0.25) is 0 Å². The summed E-state index contributed by atoms with van der Waals surface area (Å²) in [6.45, 7) is 2.26. The molecule has 0 unspecified atom stereocenters. The fourth-order valence-corrected chi connectivity index (χ4v) is 1.52. The Labute approximate surface area is 105 Å². The maximum absolute atomic E-state index is 9.03. The van der Waals surface area contributed by atoms with E-state index in [2.05, 4.69) is 20.3 Å². The summed E-state index contributed by atoms with van der Waals surface area (Å²) < 4.78 is 0. The normalized spacial score (nSPS) is 9.78. The summed E-state index contributed by atoms with van der Waals surface area (Å²) in [5.74, 6) is 1.17. The molecule has 0 aliphatic rings. The highest BCUT2D eigenvalue weighted by Crippen LogP contribution is 2.17. The lowest BCUT2D eigenvalue weighted by Gasteiger charge is -2.09. The quantitative estimate of drug-likeness (QED) is 0.837. The number of hydrogen-bond acceptors (Lipinski definition) is 6. The second-order valence-corrected chi connectivity index (χ2v) is 3.71. The van der Waals surface area contributed by atoms with Crippen LogP contribution in [0.2, 0.25) is 0 Å². The van der Waals surface area contributed by atoms with Crippen molar-refractivity contribution in [3.63, 3.8) is 0 Å². The van der Waals surface area contributed by atoms with E-state index in [0.29, 0.717) is 18.2 Å². The third-order valence-corrected chi connectivity index (χ3v) is 2.34. The van der Waals surface area contributed by atoms with Gasteiger partial charge in [-0.25, -0.2) is 9.97 Å². The zero-order chi connectivity index (χ0) is 13.0. The van der Waals surface area contributed by atoms with E-state index in [1.54, 1.807) is 19.3 Å². The van der Waals surface area contributed by atoms with Gasteiger partial charge in [0.15, 0.2) is 0 Å². The molecule has 6 nitrogen and oxygen atoms in total. The summed E-state index contributed by atoms with van der Waals surface area (Å²) in [5.41, 5.74) is 6.94. The van der Waals surface area contributed by atoms with Gasteiger partial charge in [0, 0.05) is 18.9 Å². The molecule has 90 valence electrons. The van der Waals surface area contributed by atoms with Gasteiger partial charge in [-0.05, 0) is 18.6 Å². The van der Waals surface area contributed by atoms with E-state index < -0.39 is 0 Å². The van der Waals surface area contributed by atoms with Crippen molar-refractivity contribution in [2.75, 3.05) is 11.1 Å². The zero-order valence-corrected chi connectivity index (χ0v) is 9.88. The van der Waals surface area contributed by atoms with E-state index in [4.69, 9.17) is 11.0 Å². The van der Waals surface area contributed by atoms with Crippen LogP contribution in [0.25, 0.3) is 0 Å². The van der Waals surface area contributed by atoms with Crippen LogP contribution in [-0.4, -0.2) is 15.0 Å². The maximum Gasteiger partial charge on any atom is 0.150 e. The number of rotatable bonds is 3. The van der Waals surface area contributed by atoms with Crippen LogP contribution in [0, 0.1) is 18.3 Å². The molecule has 0 aromatic carbocycles. The Balaban J connectivity index is 2.22. The number of aryl methyl sites for hydroxylation is 1. The lowest BCUT2D eigenvalue weighted by Crippen LogP contribution is -2.08. The fourth-order valence-electron chi connectivity index (χ4n) is 1.52. The predicted octanol–water partition coefficient (Wildman–Crippen LogP) is 1.25. The number of nitrogens with one attached hydrogen (secondary N) is 1. The fraction of sp³-hybridized carbons (Fsp3) is 0.167. The largest absolute Gasteiger partial charge is 0.382 e. The summed E-state index contributed by atoms with van der Waals surface area (Å²) in [5, 5.41) is 12.1. The van der Waals surface area contributed by atoms with E-state index in [-0.39, 0.29) is 11.4 Å². The van der Waals surface area contributed by atoms with Crippen molar-refractivity contribution in [1.82, 2.24) is 15.0 Å². The van der Waals surface area contributed by atoms with Crippen molar-refractivity contribution in [2.24, 2.45) is 0 Å². The first kappa shape index (κ1) is 11.8. The minimum absolute atomic E-state index is 0.193. The molecule has 0 radical (unpaired) electrons. The zero-order valence-electron chi connectivity index (χ0n) is 9.88. The average Bonchev–Trinajstić information content (AvgIpc) is 2.37. The van der Waals surface area contributed by atoms with E-state index in [0.717, 1.165) is 5.56 Å². The topological polar surface area (TPSA) is 101 Å². The van der Waals surface area contributed by atoms with Crippen LogP contribution in [0.3, 0.4) is 0 Å². The molecule has 3 N–H and O–H groups in total. The lowest BCUT2D eigenvalue weighted by molar-refractivity contribution is 1.02. The Morgan fingerprint density at radius 1 is 1.44 bits per heavy atom. The second-order valence-electron chi connectivity index (χ2n) is 3.71. The monoisotopic (exact) mass is 240 g/mol. The van der Waals surface area contributed by atoms with Crippen molar-refractivity contribution >= 4 is 11.6 Å². The molecule has 0 fully saturated rings. The Kier molecular flexibility index (Phi) is 3.34. The molecule has 0 aliphatic carbocycles. The summed E-state index contributed by atoms with van der Waals surface area (Å²) >= 11 is 0. The molecule has 2 rings (SSSR count). The maximum atomic E-state index is 9.03. The van der Waals surface area contributed by atoms with E-state index in [1.165, 1.54) is 0 Å². The van der Waals surface area contributed by atoms with Crippen LogP contribution in [0.1, 0.15) is 17.0 Å². The van der Waals surface area contributed by atoms with Crippen molar-refractivity contribution in [3.05, 3.63) is 41.5 Å². The van der Waals surface area contributed by atoms with Crippen molar-refractivity contribution in [1.29, 1.82) is 5.26 Å². The molecule has 0 spiro atoms. The molecule has 2 aromatic heterocycles. The molecular weight excluding hydrogens is 228 g/mol. The van der Waals surface area contributed by atoms with Crippen LogP contribution in [-0.2, 0) is 6.54 Å². The second kappa shape index (κ2) is 5.10. The first-order valence-electron chi connectivity index (χ1n) is 5.37. The smallest absolute Gasteiger partial charge is 0.150 e. The number of nitrogens with two attached hydrogens (primary N) is 1. The molecule has 0 aliphatic heterocycles. The molecule has 2 aromatic rings. The number of hydrogen-bond donors (Lipinski definition) is 2. The molecule has 18 heavy (non-hydrogen) atoms. The van der Waals surface area contributed by atoms with Gasteiger partial charge in [0.05, 0.1) is 0 Å². The van der Waals surface area contributed by atoms with E-state index >= 15 is 0 Å². The molecular formula is C12H12N6. The van der Waals surface area contributed by atoms with Crippen molar-refractivity contribution in [3.8, 4) is 6.07 Å². The Morgan fingerprint density at radius 2 is 2.28 bits per heavy atom. The van der Waals surface area contributed by atoms with Crippen molar-refractivity contribution < 1.29 is 0 Å². The molecule has 0 saturated heterocycles. The van der Waals surface area contributed by atoms with Crippen LogP contribution in [0.5, 0.6) is 0 Å². The number of nitrogen functional groups attached to an aromatic ring is 1. The third-order valence-electron chi connectivity index (χ3n) is 2.34. The van der Waals surface area contributed by atoms with Crippen LogP contribution in [0.4, 0.5) is 11.6 Å². The summed E-state index contributed by atoms with van der Waals surface area (Å²) in [6.07, 6.45) is 3.45. The summed E-state index contributed by atoms with van der Waals surface area (Å²) in [6, 6.07) is 5.78. The number of nitriles is 1. The predicted molar refractivity (Wildman–Crippen MR) is 67.5 cm³/mol. The number of anilines is 2. The van der Waals surface area contributed by atoms with Gasteiger partial charge in [-0.15, -0.1) is 0 Å². The van der Waals surface area contributed by atoms with Crippen LogP contribution < -0.4 is 11.1 Å². The summed E-state index contributed by atoms with van der Waals surface area (Å²) in [7, 11) is 0. The Bertz CT molecular complexity index is 588. The summed E-state index contributed by atoms with van der Waals surface area (Å²) in [4.78, 5) is 12.1. The Morgan fingerprint density at radius 3 is 2.94 bits per heavy atom. The van der Waals surface area contributed by atoms with Gasteiger partial charge in [0.1, 0.15) is 29.1 Å². The molecule has 2 heterocycles. The van der Waals surface area contributed by atoms with Gasteiger partial charge in [-0.3, -0.25) is 4.98 Å². The molecule has 0 amide bonds. The van der Waals surface area contributed by atoms with Gasteiger partial charge < -0.3 is 11.1 Å². The van der Waals surface area contributed by atoms with Crippen LogP contribution >= 0.6 is 0 Å². The SMILES string of the molecule is Cc1nc(N)c(C#N)c(NCc2cccnc2)n1. The van der Waals surface area contributed by atoms with E-state index in [9.17, 15) is 0 Å². The van der Waals surface area contributed by atoms with Crippen LogP contribution in [0.15, 0.2) is 24.5 Å². The number of pyridine rings is 1. The van der Waals surface area contributed by atoms with Crippen molar-refractivity contribution in [2.45, 2.75) is 13.5 Å². The minimum atomic E-state index is 0.193. The number of aromatic nitrogens is 3. The lowest BCUT2D eigenvalue weighted by atomic mass is 10.2. The molecule has 0 bridgehead atoms. The highest BCUT2D eigenvalue weighted by atomic mass is 15.1. The molecule has 6 heteroatoms. The molecule has 0 atom stereocenters. The highest BCUT2D eigenvalue weighted by molar-refractivity contribution is 5.62. The van der Waals surface area contributed by atoms with Gasteiger partial charge >= 0.3 is 0 Å². The van der Waals surface area contributed by atoms with Gasteiger partial charge in [0.25, 0.3) is 0 Å². The van der Waals surface area contributed by atoms with Gasteiger partial charge in [-0.1, -0.05) is 6.07 Å². The standard InChI is InChI=1S/C12H12N6/c1-8-17-11(14)10(5-13)12(18-8)16-7-9-3-2-4-15-6-9/h2-4,6H,7H2,1H3,(H3,14,16,17,18). The average molecular weight is 240 g/mol. The first-order valence-corrected chi connectivity index (χ1v) is 5.37.